The van der Waals surface area contributed by atoms with Gasteiger partial charge in [-0.1, -0.05) is 11.6 Å². The molecule has 0 aliphatic carbocycles. The van der Waals surface area contributed by atoms with Crippen LogP contribution in [0.5, 0.6) is 0 Å². The van der Waals surface area contributed by atoms with E-state index in [2.05, 4.69) is 5.10 Å². The molecule has 0 saturated heterocycles. The van der Waals surface area contributed by atoms with Crippen LogP contribution in [-0.2, 0) is 18.4 Å². The fourth-order valence-electron chi connectivity index (χ4n) is 2.19. The second-order valence-electron chi connectivity index (χ2n) is 4.69. The maximum Gasteiger partial charge on any atom is 0.345 e. The second kappa shape index (κ2) is 5.57. The van der Waals surface area contributed by atoms with Crippen molar-refractivity contribution in [2.75, 3.05) is 17.2 Å². The first-order chi connectivity index (χ1) is 10.1. The highest BCUT2D eigenvalue weighted by atomic mass is 35.5. The van der Waals surface area contributed by atoms with Gasteiger partial charge in [-0.2, -0.15) is 5.10 Å². The van der Waals surface area contributed by atoms with Gasteiger partial charge in [-0.05, 0) is 18.2 Å². The Kier molecular flexibility index (Phi) is 3.77. The third kappa shape index (κ3) is 2.71. The van der Waals surface area contributed by atoms with Crippen molar-refractivity contribution < 1.29 is 4.79 Å². The van der Waals surface area contributed by atoms with Gasteiger partial charge in [0.1, 0.15) is 12.9 Å². The van der Waals surface area contributed by atoms with Crippen LogP contribution in [0.15, 0.2) is 34.2 Å². The van der Waals surface area contributed by atoms with E-state index in [1.807, 2.05) is 12.1 Å². The highest BCUT2D eigenvalue weighted by molar-refractivity contribution is 7.99. The van der Waals surface area contributed by atoms with Crippen molar-refractivity contribution in [1.29, 1.82) is 0 Å². The molecule has 0 spiro atoms. The molecule has 2 heterocycles. The van der Waals surface area contributed by atoms with E-state index in [1.165, 1.54) is 10.9 Å². The van der Waals surface area contributed by atoms with Crippen LogP contribution in [0.25, 0.3) is 0 Å². The number of carbonyl (C=O) groups excluding carboxylic acids is 1. The van der Waals surface area contributed by atoms with Crippen LogP contribution in [0, 0.1) is 0 Å². The van der Waals surface area contributed by atoms with Gasteiger partial charge in [0.15, 0.2) is 0 Å². The van der Waals surface area contributed by atoms with Crippen LogP contribution >= 0.6 is 23.4 Å². The number of rotatable bonds is 2. The monoisotopic (exact) mass is 324 g/mol. The maximum atomic E-state index is 12.5. The van der Waals surface area contributed by atoms with Gasteiger partial charge >= 0.3 is 5.69 Å². The van der Waals surface area contributed by atoms with E-state index in [0.29, 0.717) is 11.6 Å². The zero-order chi connectivity index (χ0) is 15.0. The minimum absolute atomic E-state index is 0.0731. The van der Waals surface area contributed by atoms with Crippen LogP contribution in [0.4, 0.5) is 5.69 Å². The number of halogens is 1. The molecule has 1 aromatic carbocycles. The lowest BCUT2D eigenvalue weighted by atomic mass is 10.2. The topological polar surface area (TPSA) is 60.1 Å². The summed E-state index contributed by atoms with van der Waals surface area (Å²) in [6, 6.07) is 5.50. The minimum Gasteiger partial charge on any atom is -0.309 e. The van der Waals surface area contributed by atoms with Gasteiger partial charge in [-0.3, -0.25) is 9.36 Å². The molecule has 21 heavy (non-hydrogen) atoms. The second-order valence-corrected chi connectivity index (χ2v) is 6.26. The summed E-state index contributed by atoms with van der Waals surface area (Å²) in [5, 5.41) is 4.50. The molecule has 0 bridgehead atoms. The van der Waals surface area contributed by atoms with Crippen molar-refractivity contribution in [2.24, 2.45) is 7.05 Å². The van der Waals surface area contributed by atoms with Crippen molar-refractivity contribution in [1.82, 2.24) is 14.3 Å². The summed E-state index contributed by atoms with van der Waals surface area (Å²) in [6.07, 6.45) is 1.40. The Morgan fingerprint density at radius 3 is 3.00 bits per heavy atom. The van der Waals surface area contributed by atoms with Gasteiger partial charge in [0.2, 0.25) is 5.91 Å². The molecule has 110 valence electrons. The lowest BCUT2D eigenvalue weighted by Crippen LogP contribution is -2.40. The highest BCUT2D eigenvalue weighted by Gasteiger charge is 2.24. The Balaban J connectivity index is 1.88. The molecule has 0 saturated carbocycles. The van der Waals surface area contributed by atoms with Crippen LogP contribution in [0.2, 0.25) is 5.02 Å². The number of benzene rings is 1. The molecule has 1 amide bonds. The number of amides is 1. The number of aryl methyl sites for hydroxylation is 1. The summed E-state index contributed by atoms with van der Waals surface area (Å²) in [6.45, 7) is 0.523. The number of carbonyl (C=O) groups is 1. The summed E-state index contributed by atoms with van der Waals surface area (Å²) in [4.78, 5) is 26.9. The molecule has 0 N–H and O–H groups in total. The largest absolute Gasteiger partial charge is 0.345 e. The summed E-state index contributed by atoms with van der Waals surface area (Å²) >= 11 is 7.71. The van der Waals surface area contributed by atoms with Gasteiger partial charge in [-0.15, -0.1) is 11.8 Å². The highest BCUT2D eigenvalue weighted by Crippen LogP contribution is 2.36. The molecule has 0 radical (unpaired) electrons. The lowest BCUT2D eigenvalue weighted by Gasteiger charge is -2.29. The van der Waals surface area contributed by atoms with Gasteiger partial charge in [-0.25, -0.2) is 9.48 Å². The standard InChI is InChI=1S/C13H13ClN4O2S/c1-16-8-15-18(13(16)20)7-12(19)17-4-5-21-11-3-2-9(14)6-10(11)17/h2-3,6,8H,4-5,7H2,1H3. The number of anilines is 1. The van der Waals surface area contributed by atoms with E-state index in [-0.39, 0.29) is 18.1 Å². The van der Waals surface area contributed by atoms with E-state index in [9.17, 15) is 9.59 Å². The van der Waals surface area contributed by atoms with Crippen molar-refractivity contribution in [2.45, 2.75) is 11.4 Å². The predicted molar refractivity (Wildman–Crippen MR) is 82.0 cm³/mol. The van der Waals surface area contributed by atoms with Crippen molar-refractivity contribution in [3.63, 3.8) is 0 Å². The van der Waals surface area contributed by atoms with Crippen LogP contribution in [-0.4, -0.2) is 32.6 Å². The quantitative estimate of drug-likeness (QED) is 0.837. The van der Waals surface area contributed by atoms with Crippen molar-refractivity contribution in [3.05, 3.63) is 40.0 Å². The molecule has 0 atom stereocenters. The fourth-order valence-corrected chi connectivity index (χ4v) is 3.33. The van der Waals surface area contributed by atoms with Gasteiger partial charge in [0.25, 0.3) is 0 Å². The Morgan fingerprint density at radius 2 is 2.29 bits per heavy atom. The predicted octanol–water partition coefficient (Wildman–Crippen LogP) is 1.37. The Bertz CT molecular complexity index is 755. The first-order valence-electron chi connectivity index (χ1n) is 6.37. The van der Waals surface area contributed by atoms with Gasteiger partial charge < -0.3 is 4.90 Å². The summed E-state index contributed by atoms with van der Waals surface area (Å²) < 4.78 is 2.50. The molecule has 1 aliphatic rings. The van der Waals surface area contributed by atoms with Crippen molar-refractivity contribution >= 4 is 35.0 Å². The average molecular weight is 325 g/mol. The molecule has 2 aromatic rings. The first-order valence-corrected chi connectivity index (χ1v) is 7.74. The molecule has 1 aliphatic heterocycles. The number of thioether (sulfide) groups is 1. The average Bonchev–Trinajstić information content (AvgIpc) is 2.78. The molecule has 3 rings (SSSR count). The maximum absolute atomic E-state index is 12.5. The number of nitrogens with zero attached hydrogens (tertiary/aromatic N) is 4. The third-order valence-corrected chi connectivity index (χ3v) is 4.54. The van der Waals surface area contributed by atoms with Crippen LogP contribution in [0.3, 0.4) is 0 Å². The molecule has 1 aromatic heterocycles. The molecule has 8 heteroatoms. The normalized spacial score (nSPS) is 14.1. The number of hydrogen-bond donors (Lipinski definition) is 0. The SMILES string of the molecule is Cn1cnn(CC(=O)N2CCSc3ccc(Cl)cc32)c1=O. The number of hydrogen-bond acceptors (Lipinski definition) is 4. The Labute approximate surface area is 130 Å². The lowest BCUT2D eigenvalue weighted by molar-refractivity contribution is -0.119. The van der Waals surface area contributed by atoms with E-state index >= 15 is 0 Å². The third-order valence-electron chi connectivity index (χ3n) is 3.26. The van der Waals surface area contributed by atoms with Crippen LogP contribution in [0.1, 0.15) is 0 Å². The molecular weight excluding hydrogens is 312 g/mol. The molecular formula is C13H13ClN4O2S. The van der Waals surface area contributed by atoms with Crippen LogP contribution < -0.4 is 10.6 Å². The molecule has 6 nitrogen and oxygen atoms in total. The molecule has 0 fully saturated rings. The summed E-state index contributed by atoms with van der Waals surface area (Å²) in [5.41, 5.74) is 0.494. The van der Waals surface area contributed by atoms with Gasteiger partial charge in [0.05, 0.1) is 5.69 Å². The Morgan fingerprint density at radius 1 is 1.48 bits per heavy atom. The fraction of sp³-hybridized carbons (Fsp3) is 0.308. The summed E-state index contributed by atoms with van der Waals surface area (Å²) in [5.74, 6) is 0.650. The van der Waals surface area contributed by atoms with E-state index < -0.39 is 0 Å². The smallest absolute Gasteiger partial charge is 0.309 e. The zero-order valence-corrected chi connectivity index (χ0v) is 12.9. The van der Waals surface area contributed by atoms with E-state index in [4.69, 9.17) is 11.6 Å². The first kappa shape index (κ1) is 14.2. The minimum atomic E-state index is -0.305. The molecule has 0 unspecified atom stereocenters. The van der Waals surface area contributed by atoms with Crippen molar-refractivity contribution in [3.8, 4) is 0 Å². The zero-order valence-electron chi connectivity index (χ0n) is 11.3. The van der Waals surface area contributed by atoms with E-state index in [1.54, 1.807) is 29.8 Å². The number of aromatic nitrogens is 3. The summed E-state index contributed by atoms with van der Waals surface area (Å²) in [7, 11) is 1.60. The number of fused-ring (bicyclic) bond motifs is 1. The Hall–Kier alpha value is -1.73. The van der Waals surface area contributed by atoms with Gasteiger partial charge in [0, 0.05) is 29.3 Å². The van der Waals surface area contributed by atoms with E-state index in [0.717, 1.165) is 21.0 Å².